The molecule has 1 nitrogen and oxygen atoms in total. The average molecular weight is 207 g/mol. The molecule has 0 aliphatic heterocycles. The summed E-state index contributed by atoms with van der Waals surface area (Å²) in [5.74, 6) is -0.679. The molecule has 1 atom stereocenters. The number of hydrogen-bond donors (Lipinski definition) is 1. The fourth-order valence-electron chi connectivity index (χ4n) is 1.14. The van der Waals surface area contributed by atoms with Crippen molar-refractivity contribution in [1.29, 1.82) is 0 Å². The first kappa shape index (κ1) is 11.0. The molecule has 0 saturated heterocycles. The summed E-state index contributed by atoms with van der Waals surface area (Å²) in [6, 6.07) is 1.36. The SMILES string of the molecule is Cc1c(F)cccc1[C@@H](N)C(F)(F)F. The van der Waals surface area contributed by atoms with Gasteiger partial charge in [-0.1, -0.05) is 12.1 Å². The highest BCUT2D eigenvalue weighted by molar-refractivity contribution is 5.30. The van der Waals surface area contributed by atoms with Gasteiger partial charge in [0.25, 0.3) is 0 Å². The van der Waals surface area contributed by atoms with E-state index in [1.807, 2.05) is 0 Å². The van der Waals surface area contributed by atoms with Gasteiger partial charge < -0.3 is 5.73 Å². The second-order valence-electron chi connectivity index (χ2n) is 2.97. The molecule has 0 bridgehead atoms. The second-order valence-corrected chi connectivity index (χ2v) is 2.97. The standard InChI is InChI=1S/C9H9F4N/c1-5-6(3-2-4-7(5)10)8(14)9(11,12)13/h2-4,8H,14H2,1H3/t8-/m1/s1. The summed E-state index contributed by atoms with van der Waals surface area (Å²) >= 11 is 0. The van der Waals surface area contributed by atoms with E-state index in [9.17, 15) is 17.6 Å². The van der Waals surface area contributed by atoms with E-state index in [-0.39, 0.29) is 11.1 Å². The van der Waals surface area contributed by atoms with Crippen LogP contribution in [0.15, 0.2) is 18.2 Å². The van der Waals surface area contributed by atoms with Crippen LogP contribution in [0.4, 0.5) is 17.6 Å². The van der Waals surface area contributed by atoms with Gasteiger partial charge in [-0.15, -0.1) is 0 Å². The van der Waals surface area contributed by atoms with Crippen molar-refractivity contribution in [2.24, 2.45) is 5.73 Å². The molecule has 0 aliphatic carbocycles. The van der Waals surface area contributed by atoms with Crippen LogP contribution in [-0.4, -0.2) is 6.18 Å². The largest absolute Gasteiger partial charge is 0.407 e. The predicted octanol–water partition coefficient (Wildman–Crippen LogP) is 2.70. The summed E-state index contributed by atoms with van der Waals surface area (Å²) in [6.07, 6.45) is -4.54. The number of alkyl halides is 3. The van der Waals surface area contributed by atoms with Gasteiger partial charge in [-0.3, -0.25) is 0 Å². The topological polar surface area (TPSA) is 26.0 Å². The third kappa shape index (κ3) is 2.04. The van der Waals surface area contributed by atoms with Gasteiger partial charge in [0.15, 0.2) is 0 Å². The van der Waals surface area contributed by atoms with Crippen molar-refractivity contribution in [3.8, 4) is 0 Å². The van der Waals surface area contributed by atoms with E-state index in [1.165, 1.54) is 19.1 Å². The lowest BCUT2D eigenvalue weighted by Crippen LogP contribution is -2.29. The maximum Gasteiger partial charge on any atom is 0.407 e. The number of hydrogen-bond acceptors (Lipinski definition) is 1. The highest BCUT2D eigenvalue weighted by atomic mass is 19.4. The van der Waals surface area contributed by atoms with E-state index >= 15 is 0 Å². The highest BCUT2D eigenvalue weighted by Gasteiger charge is 2.38. The maximum atomic E-state index is 12.9. The van der Waals surface area contributed by atoms with Gasteiger partial charge in [0.2, 0.25) is 0 Å². The Morgan fingerprint density at radius 1 is 1.29 bits per heavy atom. The minimum absolute atomic E-state index is 0.0580. The number of benzene rings is 1. The fourth-order valence-corrected chi connectivity index (χ4v) is 1.14. The lowest BCUT2D eigenvalue weighted by atomic mass is 10.0. The molecule has 5 heteroatoms. The molecule has 78 valence electrons. The molecule has 0 amide bonds. The van der Waals surface area contributed by atoms with Gasteiger partial charge >= 0.3 is 6.18 Å². The van der Waals surface area contributed by atoms with Gasteiger partial charge in [0.1, 0.15) is 11.9 Å². The predicted molar refractivity (Wildman–Crippen MR) is 44.1 cm³/mol. The molecule has 1 aromatic carbocycles. The van der Waals surface area contributed by atoms with Crippen LogP contribution >= 0.6 is 0 Å². The van der Waals surface area contributed by atoms with Crippen LogP contribution in [-0.2, 0) is 0 Å². The summed E-state index contributed by atoms with van der Waals surface area (Å²) in [5, 5.41) is 0. The first-order chi connectivity index (χ1) is 6.34. The van der Waals surface area contributed by atoms with Gasteiger partial charge in [-0.25, -0.2) is 4.39 Å². The summed E-state index contributed by atoms with van der Waals surface area (Å²) in [5.41, 5.74) is 4.67. The van der Waals surface area contributed by atoms with Crippen molar-refractivity contribution < 1.29 is 17.6 Å². The van der Waals surface area contributed by atoms with Crippen molar-refractivity contribution in [2.75, 3.05) is 0 Å². The maximum absolute atomic E-state index is 12.9. The molecular formula is C9H9F4N. The Bertz CT molecular complexity index is 332. The summed E-state index contributed by atoms with van der Waals surface area (Å²) in [7, 11) is 0. The summed E-state index contributed by atoms with van der Waals surface area (Å²) < 4.78 is 49.5. The van der Waals surface area contributed by atoms with Crippen molar-refractivity contribution >= 4 is 0 Å². The Balaban J connectivity index is 3.14. The number of nitrogens with two attached hydrogens (primary N) is 1. The third-order valence-electron chi connectivity index (χ3n) is 2.00. The normalized spacial score (nSPS) is 14.1. The van der Waals surface area contributed by atoms with Gasteiger partial charge in [0, 0.05) is 0 Å². The van der Waals surface area contributed by atoms with E-state index in [1.54, 1.807) is 0 Å². The van der Waals surface area contributed by atoms with Gasteiger partial charge in [-0.05, 0) is 24.1 Å². The Kier molecular flexibility index (Phi) is 2.80. The highest BCUT2D eigenvalue weighted by Crippen LogP contribution is 2.32. The van der Waals surface area contributed by atoms with E-state index in [0.717, 1.165) is 6.07 Å². The van der Waals surface area contributed by atoms with E-state index in [0.29, 0.717) is 0 Å². The van der Waals surface area contributed by atoms with Crippen molar-refractivity contribution in [3.05, 3.63) is 35.1 Å². The smallest absolute Gasteiger partial charge is 0.316 e. The Morgan fingerprint density at radius 2 is 1.86 bits per heavy atom. The number of rotatable bonds is 1. The van der Waals surface area contributed by atoms with Crippen LogP contribution in [0.1, 0.15) is 17.2 Å². The molecule has 0 unspecified atom stereocenters. The van der Waals surface area contributed by atoms with E-state index in [4.69, 9.17) is 5.73 Å². The average Bonchev–Trinajstić information content (AvgIpc) is 2.07. The zero-order valence-electron chi connectivity index (χ0n) is 7.40. The molecule has 2 N–H and O–H groups in total. The lowest BCUT2D eigenvalue weighted by Gasteiger charge is -2.17. The molecule has 0 fully saturated rings. The molecular weight excluding hydrogens is 198 g/mol. The fraction of sp³-hybridized carbons (Fsp3) is 0.333. The monoisotopic (exact) mass is 207 g/mol. The molecule has 0 spiro atoms. The van der Waals surface area contributed by atoms with Crippen molar-refractivity contribution in [3.63, 3.8) is 0 Å². The van der Waals surface area contributed by atoms with Crippen LogP contribution in [0.2, 0.25) is 0 Å². The van der Waals surface area contributed by atoms with Crippen LogP contribution in [0.25, 0.3) is 0 Å². The third-order valence-corrected chi connectivity index (χ3v) is 2.00. The molecule has 0 aromatic heterocycles. The first-order valence-corrected chi connectivity index (χ1v) is 3.91. The van der Waals surface area contributed by atoms with Gasteiger partial charge in [-0.2, -0.15) is 13.2 Å². The first-order valence-electron chi connectivity index (χ1n) is 3.91. The van der Waals surface area contributed by atoms with Gasteiger partial charge in [0.05, 0.1) is 0 Å². The molecule has 0 saturated carbocycles. The number of halogens is 4. The summed E-state index contributed by atoms with van der Waals surface area (Å²) in [4.78, 5) is 0. The molecule has 14 heavy (non-hydrogen) atoms. The molecule has 1 aromatic rings. The summed E-state index contributed by atoms with van der Waals surface area (Å²) in [6.45, 7) is 1.27. The van der Waals surface area contributed by atoms with Crippen molar-refractivity contribution in [1.82, 2.24) is 0 Å². The van der Waals surface area contributed by atoms with Crippen LogP contribution in [0.3, 0.4) is 0 Å². The van der Waals surface area contributed by atoms with E-state index < -0.39 is 18.0 Å². The minimum atomic E-state index is -4.54. The van der Waals surface area contributed by atoms with E-state index in [2.05, 4.69) is 0 Å². The zero-order valence-corrected chi connectivity index (χ0v) is 7.40. The Hall–Kier alpha value is -1.10. The van der Waals surface area contributed by atoms with Crippen LogP contribution in [0.5, 0.6) is 0 Å². The van der Waals surface area contributed by atoms with Crippen LogP contribution in [0, 0.1) is 12.7 Å². The minimum Gasteiger partial charge on any atom is -0.316 e. The van der Waals surface area contributed by atoms with Crippen molar-refractivity contribution in [2.45, 2.75) is 19.1 Å². The molecule has 0 radical (unpaired) electrons. The second kappa shape index (κ2) is 3.57. The Morgan fingerprint density at radius 3 is 2.36 bits per heavy atom. The molecule has 0 heterocycles. The van der Waals surface area contributed by atoms with Crippen LogP contribution < -0.4 is 5.73 Å². The lowest BCUT2D eigenvalue weighted by molar-refractivity contribution is -0.149. The molecule has 1 rings (SSSR count). The molecule has 0 aliphatic rings. The quantitative estimate of drug-likeness (QED) is 0.704. The zero-order chi connectivity index (χ0) is 10.9. The Labute approximate surface area is 78.5 Å².